The van der Waals surface area contributed by atoms with E-state index >= 15 is 0 Å². The zero-order valence-corrected chi connectivity index (χ0v) is 28.4. The second kappa shape index (κ2) is 11.3. The molecule has 1 unspecified atom stereocenters. The number of hydrogen-bond acceptors (Lipinski definition) is 10. The van der Waals surface area contributed by atoms with Gasteiger partial charge in [0.15, 0.2) is 0 Å². The molecular formula is C38H45N3O8. The molecule has 0 radical (unpaired) electrons. The maximum atomic E-state index is 14.4. The molecule has 1 heterocycles. The van der Waals surface area contributed by atoms with Crippen molar-refractivity contribution < 1.29 is 38.7 Å². The molecular weight excluding hydrogens is 626 g/mol. The van der Waals surface area contributed by atoms with E-state index in [-0.39, 0.29) is 47.5 Å². The van der Waals surface area contributed by atoms with Crippen LogP contribution in [-0.2, 0) is 18.9 Å². The fourth-order valence-corrected chi connectivity index (χ4v) is 12.3. The van der Waals surface area contributed by atoms with Gasteiger partial charge in [-0.1, -0.05) is 19.1 Å². The molecule has 260 valence electrons. The number of esters is 1. The van der Waals surface area contributed by atoms with Crippen LogP contribution in [0.2, 0.25) is 0 Å². The van der Waals surface area contributed by atoms with E-state index in [1.165, 1.54) is 0 Å². The number of fused-ring (bicyclic) bond motifs is 2. The van der Waals surface area contributed by atoms with E-state index < -0.39 is 40.2 Å². The van der Waals surface area contributed by atoms with Gasteiger partial charge in [-0.3, -0.25) is 9.69 Å². The van der Waals surface area contributed by atoms with Crippen molar-refractivity contribution in [2.75, 3.05) is 39.7 Å². The minimum Gasteiger partial charge on any atom is -0.454 e. The van der Waals surface area contributed by atoms with Crippen LogP contribution in [0.3, 0.4) is 0 Å². The highest BCUT2D eigenvalue weighted by Gasteiger charge is 2.89. The fraction of sp³-hybridized carbons (Fsp3) is 0.605. The number of aliphatic hydroxyl groups is 2. The summed E-state index contributed by atoms with van der Waals surface area (Å²) >= 11 is 0. The molecule has 5 aliphatic carbocycles. The number of methoxy groups -OCH3 is 3. The zero-order valence-electron chi connectivity index (χ0n) is 28.4. The normalized spacial score (nSPS) is 42.7. The summed E-state index contributed by atoms with van der Waals surface area (Å²) in [6, 6.07) is 15.1. The summed E-state index contributed by atoms with van der Waals surface area (Å²) in [5.41, 5.74) is -3.12. The highest BCUT2D eigenvalue weighted by atomic mass is 16.6. The van der Waals surface area contributed by atoms with Crippen LogP contribution >= 0.6 is 0 Å². The Morgan fingerprint density at radius 3 is 2.45 bits per heavy atom. The largest absolute Gasteiger partial charge is 0.454 e. The zero-order chi connectivity index (χ0) is 34.5. The fourth-order valence-electron chi connectivity index (χ4n) is 12.3. The summed E-state index contributed by atoms with van der Waals surface area (Å²) in [5, 5.41) is 37.9. The van der Waals surface area contributed by atoms with Gasteiger partial charge in [0.25, 0.3) is 5.91 Å². The number of nitrogens with zero attached hydrogens (tertiary/aromatic N) is 2. The third-order valence-electron chi connectivity index (χ3n) is 13.9. The number of likely N-dealkylation sites (tertiary alicyclic amines) is 1. The predicted octanol–water partition coefficient (Wildman–Crippen LogP) is 3.39. The summed E-state index contributed by atoms with van der Waals surface area (Å²) in [6.07, 6.45) is 1.63. The van der Waals surface area contributed by atoms with Crippen LogP contribution in [0.5, 0.6) is 0 Å². The van der Waals surface area contributed by atoms with Crippen molar-refractivity contribution in [2.45, 2.75) is 80.2 Å². The van der Waals surface area contributed by atoms with E-state index in [0.29, 0.717) is 62.0 Å². The Hall–Kier alpha value is -3.37. The summed E-state index contributed by atoms with van der Waals surface area (Å²) < 4.78 is 25.2. The lowest BCUT2D eigenvalue weighted by atomic mass is 9.44. The van der Waals surface area contributed by atoms with Gasteiger partial charge in [0.05, 0.1) is 41.2 Å². The Morgan fingerprint density at radius 2 is 1.78 bits per heavy atom. The quantitative estimate of drug-likeness (QED) is 0.357. The first kappa shape index (κ1) is 32.8. The van der Waals surface area contributed by atoms with Crippen LogP contribution < -0.4 is 5.32 Å². The van der Waals surface area contributed by atoms with Crippen molar-refractivity contribution in [1.29, 1.82) is 5.26 Å². The topological polar surface area (TPSA) is 151 Å². The minimum absolute atomic E-state index is 0.0827. The van der Waals surface area contributed by atoms with Gasteiger partial charge in [-0.05, 0) is 68.6 Å². The summed E-state index contributed by atoms with van der Waals surface area (Å²) in [7, 11) is 5.03. The molecule has 12 atom stereocenters. The maximum absolute atomic E-state index is 14.4. The second-order valence-electron chi connectivity index (χ2n) is 15.1. The number of rotatable bonds is 8. The van der Waals surface area contributed by atoms with Gasteiger partial charge in [0.2, 0.25) is 0 Å². The number of likely N-dealkylation sites (N-methyl/N-ethyl adjacent to an activating group) is 1. The van der Waals surface area contributed by atoms with Gasteiger partial charge >= 0.3 is 5.97 Å². The highest BCUT2D eigenvalue weighted by molar-refractivity contribution is 6.08. The number of ether oxygens (including phenoxy) is 4. The van der Waals surface area contributed by atoms with Crippen molar-refractivity contribution in [1.82, 2.24) is 4.90 Å². The lowest BCUT2D eigenvalue weighted by Gasteiger charge is -2.70. The second-order valence-corrected chi connectivity index (χ2v) is 15.1. The molecule has 1 aliphatic heterocycles. The molecule has 11 nitrogen and oxygen atoms in total. The molecule has 1 saturated heterocycles. The highest BCUT2D eigenvalue weighted by Crippen LogP contribution is 2.79. The lowest BCUT2D eigenvalue weighted by Crippen LogP contribution is -2.83. The minimum atomic E-state index is -1.51. The number of piperidine rings is 1. The number of carbonyl (C=O) groups excluding carboxylic acids is 2. The van der Waals surface area contributed by atoms with Crippen LogP contribution in [0.15, 0.2) is 48.5 Å². The lowest BCUT2D eigenvalue weighted by molar-refractivity contribution is -0.337. The molecule has 3 N–H and O–H groups in total. The van der Waals surface area contributed by atoms with Crippen molar-refractivity contribution in [3.63, 3.8) is 0 Å². The van der Waals surface area contributed by atoms with Crippen LogP contribution in [0.4, 0.5) is 5.69 Å². The predicted molar refractivity (Wildman–Crippen MR) is 177 cm³/mol. The van der Waals surface area contributed by atoms with Crippen LogP contribution in [0.25, 0.3) is 0 Å². The number of amides is 1. The first-order valence-corrected chi connectivity index (χ1v) is 17.5. The molecule has 0 aromatic heterocycles. The monoisotopic (exact) mass is 671 g/mol. The number of benzene rings is 2. The van der Waals surface area contributed by atoms with Crippen LogP contribution in [0.1, 0.15) is 65.3 Å². The first-order valence-electron chi connectivity index (χ1n) is 17.5. The van der Waals surface area contributed by atoms with E-state index in [1.54, 1.807) is 69.9 Å². The summed E-state index contributed by atoms with van der Waals surface area (Å²) in [6.45, 7) is 3.28. The molecule has 6 fully saturated rings. The number of anilines is 1. The molecule has 1 spiro atoms. The first-order chi connectivity index (χ1) is 23.6. The molecule has 11 heteroatoms. The maximum Gasteiger partial charge on any atom is 0.340 e. The molecule has 6 aliphatic rings. The van der Waals surface area contributed by atoms with Crippen molar-refractivity contribution in [2.24, 2.45) is 29.1 Å². The van der Waals surface area contributed by atoms with E-state index in [2.05, 4.69) is 23.2 Å². The molecule has 49 heavy (non-hydrogen) atoms. The van der Waals surface area contributed by atoms with Gasteiger partial charge in [-0.15, -0.1) is 0 Å². The van der Waals surface area contributed by atoms with Crippen LogP contribution in [-0.4, -0.2) is 103 Å². The Labute approximate surface area is 286 Å². The molecule has 2 aromatic rings. The number of nitrogens with one attached hydrogen (secondary N) is 1. The van der Waals surface area contributed by atoms with E-state index in [4.69, 9.17) is 24.2 Å². The van der Waals surface area contributed by atoms with E-state index in [1.807, 2.05) is 0 Å². The summed E-state index contributed by atoms with van der Waals surface area (Å²) in [5.74, 6) is -1.90. The number of para-hydroxylation sites is 1. The van der Waals surface area contributed by atoms with Gasteiger partial charge in [-0.2, -0.15) is 5.26 Å². The smallest absolute Gasteiger partial charge is 0.340 e. The summed E-state index contributed by atoms with van der Waals surface area (Å²) in [4.78, 5) is 30.0. The van der Waals surface area contributed by atoms with E-state index in [0.717, 1.165) is 0 Å². The van der Waals surface area contributed by atoms with Crippen LogP contribution in [0, 0.1) is 40.4 Å². The SMILES string of the molecule is CCN1C[C@]2(OC(=O)c3ccccc3NC(=O)c3ccc(C#N)cc3)CC[C@H](OC)[C@]34C1[C@H](C[C@H]23)[C@@]1(O)C[C@H](OC)[C@H]2C[C@@H]4[C@]1(O)[C@H]2OC. The number of nitriles is 1. The third kappa shape index (κ3) is 4.04. The van der Waals surface area contributed by atoms with Crippen molar-refractivity contribution in [3.05, 3.63) is 65.2 Å². The third-order valence-corrected chi connectivity index (χ3v) is 13.9. The molecule has 7 bridgehead atoms. The molecule has 8 rings (SSSR count). The van der Waals surface area contributed by atoms with Crippen molar-refractivity contribution in [3.8, 4) is 6.07 Å². The van der Waals surface area contributed by atoms with Gasteiger partial charge in [-0.25, -0.2) is 4.79 Å². The van der Waals surface area contributed by atoms with Gasteiger partial charge in [0.1, 0.15) is 16.8 Å². The van der Waals surface area contributed by atoms with Gasteiger partial charge in [0, 0.05) is 75.0 Å². The molecule has 2 aromatic carbocycles. The average molecular weight is 672 g/mol. The average Bonchev–Trinajstić information content (AvgIpc) is 3.54. The Morgan fingerprint density at radius 1 is 1.02 bits per heavy atom. The number of hydrogen-bond donors (Lipinski definition) is 3. The molecule has 5 saturated carbocycles. The standard InChI is InChI=1S/C38H45N3O8/c1-5-41-20-35(49-34(43)23-8-6-7-9-26(23)40-33(42)22-12-10-21(19-39)11-13-22)15-14-30(47-3)37-28(35)17-25(31(37)41)36(44)18-27(46-2)24-16-29(37)38(36,45)32(24)48-4/h6-13,24-25,27-32,44-45H,5,14-18,20H2,1-4H3,(H,40,42)/t24-,25+,27+,28-,29+,30+,31?,32+,35-,36+,37+,38+/m1/s1. The Balaban J connectivity index is 1.19. The van der Waals surface area contributed by atoms with E-state index in [9.17, 15) is 19.8 Å². The molecule has 1 amide bonds. The Bertz CT molecular complexity index is 1710. The number of carbonyl (C=O) groups is 2. The Kier molecular flexibility index (Phi) is 7.58. The van der Waals surface area contributed by atoms with Crippen molar-refractivity contribution >= 4 is 17.6 Å². The van der Waals surface area contributed by atoms with Gasteiger partial charge < -0.3 is 34.5 Å².